The van der Waals surface area contributed by atoms with Gasteiger partial charge < -0.3 is 10.4 Å². The number of aliphatic hydroxyl groups excluding tert-OH is 1. The summed E-state index contributed by atoms with van der Waals surface area (Å²) in [4.78, 5) is 15.4. The van der Waals surface area contributed by atoms with E-state index in [1.54, 1.807) is 11.3 Å². The van der Waals surface area contributed by atoms with Gasteiger partial charge in [0, 0.05) is 10.9 Å². The van der Waals surface area contributed by atoms with E-state index in [0.29, 0.717) is 6.54 Å². The Morgan fingerprint density at radius 1 is 1.42 bits per heavy atom. The van der Waals surface area contributed by atoms with E-state index < -0.39 is 0 Å². The van der Waals surface area contributed by atoms with E-state index in [0.717, 1.165) is 30.0 Å². The van der Waals surface area contributed by atoms with Crippen LogP contribution in [0.25, 0.3) is 0 Å². The summed E-state index contributed by atoms with van der Waals surface area (Å²) in [5, 5.41) is 13.2. The second-order valence-corrected chi connectivity index (χ2v) is 6.46. The molecule has 2 heterocycles. The first-order valence-electron chi connectivity index (χ1n) is 6.74. The number of amides is 1. The van der Waals surface area contributed by atoms with Crippen molar-refractivity contribution >= 4 is 22.2 Å². The minimum Gasteiger partial charge on any atom is -0.395 e. The van der Waals surface area contributed by atoms with Crippen LogP contribution in [-0.4, -0.2) is 41.7 Å². The van der Waals surface area contributed by atoms with Crippen LogP contribution in [0.15, 0.2) is 0 Å². The van der Waals surface area contributed by atoms with Gasteiger partial charge in [0.2, 0.25) is 5.91 Å². The lowest BCUT2D eigenvalue weighted by atomic mass is 10.2. The van der Waals surface area contributed by atoms with Crippen molar-refractivity contribution in [3.05, 3.63) is 16.0 Å². The molecule has 0 spiro atoms. The highest BCUT2D eigenvalue weighted by molar-refractivity contribution is 7.16. The van der Waals surface area contributed by atoms with Crippen molar-refractivity contribution in [2.75, 3.05) is 25.0 Å². The molecule has 1 amide bonds. The van der Waals surface area contributed by atoms with Crippen molar-refractivity contribution in [1.82, 2.24) is 4.90 Å². The van der Waals surface area contributed by atoms with E-state index in [4.69, 9.17) is 0 Å². The van der Waals surface area contributed by atoms with Crippen molar-refractivity contribution in [1.29, 1.82) is 0 Å². The monoisotopic (exact) mass is 282 g/mol. The Bertz CT molecular complexity index is 470. The Morgan fingerprint density at radius 2 is 2.16 bits per heavy atom. The Balaban J connectivity index is 1.96. The van der Waals surface area contributed by atoms with E-state index >= 15 is 0 Å². The van der Waals surface area contributed by atoms with Crippen LogP contribution in [0.1, 0.15) is 28.8 Å². The zero-order valence-corrected chi connectivity index (χ0v) is 12.6. The van der Waals surface area contributed by atoms with Gasteiger partial charge in [0.15, 0.2) is 0 Å². The minimum absolute atomic E-state index is 0.0182. The number of anilines is 1. The van der Waals surface area contributed by atoms with Crippen molar-refractivity contribution in [2.45, 2.75) is 39.7 Å². The summed E-state index contributed by atoms with van der Waals surface area (Å²) in [6.45, 7) is 7.62. The number of thiophene rings is 1. The molecule has 106 valence electrons. The number of nitrogens with zero attached hydrogens (tertiary/aromatic N) is 1. The summed E-state index contributed by atoms with van der Waals surface area (Å²) in [5.74, 6) is 0.0182. The number of hydrogen-bond acceptors (Lipinski definition) is 4. The third kappa shape index (κ3) is 3.16. The molecule has 0 radical (unpaired) electrons. The molecule has 1 saturated heterocycles. The van der Waals surface area contributed by atoms with E-state index in [2.05, 4.69) is 24.1 Å². The van der Waals surface area contributed by atoms with Gasteiger partial charge in [0.25, 0.3) is 0 Å². The molecule has 1 fully saturated rings. The average molecular weight is 282 g/mol. The number of rotatable bonds is 4. The Labute approximate surface area is 118 Å². The molecule has 1 atom stereocenters. The first kappa shape index (κ1) is 14.5. The van der Waals surface area contributed by atoms with Crippen LogP contribution in [0.5, 0.6) is 0 Å². The number of likely N-dealkylation sites (tertiary alicyclic amines) is 1. The van der Waals surface area contributed by atoms with Crippen molar-refractivity contribution in [2.24, 2.45) is 0 Å². The number of hydrogen-bond donors (Lipinski definition) is 2. The molecule has 2 N–H and O–H groups in total. The maximum atomic E-state index is 12.1. The highest BCUT2D eigenvalue weighted by Crippen LogP contribution is 2.31. The lowest BCUT2D eigenvalue weighted by molar-refractivity contribution is -0.117. The van der Waals surface area contributed by atoms with E-state index in [1.807, 2.05) is 6.92 Å². The first-order valence-corrected chi connectivity index (χ1v) is 7.56. The van der Waals surface area contributed by atoms with Gasteiger partial charge in [-0.2, -0.15) is 0 Å². The molecule has 19 heavy (non-hydrogen) atoms. The molecule has 0 unspecified atom stereocenters. The summed E-state index contributed by atoms with van der Waals surface area (Å²) in [6, 6.07) is 0.152. The van der Waals surface area contributed by atoms with Crippen LogP contribution < -0.4 is 5.32 Å². The minimum atomic E-state index is 0.0182. The Hall–Kier alpha value is -0.910. The number of nitrogens with one attached hydrogen (secondary N) is 1. The SMILES string of the molecule is Cc1sc(NC(=O)CN2CCC[C@@H]2CO)c(C)c1C. The van der Waals surface area contributed by atoms with Crippen LogP contribution >= 0.6 is 11.3 Å². The van der Waals surface area contributed by atoms with Crippen LogP contribution in [0, 0.1) is 20.8 Å². The summed E-state index contributed by atoms with van der Waals surface area (Å²) in [5.41, 5.74) is 2.42. The summed E-state index contributed by atoms with van der Waals surface area (Å²) < 4.78 is 0. The molecular formula is C14H22N2O2S. The van der Waals surface area contributed by atoms with Crippen LogP contribution in [0.4, 0.5) is 5.00 Å². The van der Waals surface area contributed by atoms with Crippen LogP contribution in [0.2, 0.25) is 0 Å². The third-order valence-electron chi connectivity index (χ3n) is 4.00. The molecule has 1 aliphatic heterocycles. The fourth-order valence-corrected chi connectivity index (χ4v) is 3.60. The molecule has 5 heteroatoms. The number of carbonyl (C=O) groups is 1. The summed E-state index contributed by atoms with van der Waals surface area (Å²) in [7, 11) is 0. The maximum absolute atomic E-state index is 12.1. The molecule has 1 aromatic heterocycles. The number of aliphatic hydroxyl groups is 1. The largest absolute Gasteiger partial charge is 0.395 e. The van der Waals surface area contributed by atoms with E-state index in [9.17, 15) is 9.90 Å². The molecular weight excluding hydrogens is 260 g/mol. The molecule has 4 nitrogen and oxygen atoms in total. The zero-order valence-electron chi connectivity index (χ0n) is 11.8. The Morgan fingerprint density at radius 3 is 2.74 bits per heavy atom. The van der Waals surface area contributed by atoms with Gasteiger partial charge in [-0.3, -0.25) is 9.69 Å². The molecule has 2 rings (SSSR count). The number of carbonyl (C=O) groups excluding carboxylic acids is 1. The summed E-state index contributed by atoms with van der Waals surface area (Å²) >= 11 is 1.63. The van der Waals surface area contributed by atoms with Crippen molar-refractivity contribution in [3.63, 3.8) is 0 Å². The average Bonchev–Trinajstić information content (AvgIpc) is 2.91. The highest BCUT2D eigenvalue weighted by atomic mass is 32.1. The topological polar surface area (TPSA) is 52.6 Å². The standard InChI is InChI=1S/C14H22N2O2S/c1-9-10(2)14(19-11(9)3)15-13(18)7-16-6-4-5-12(16)8-17/h12,17H,4-8H2,1-3H3,(H,15,18)/t12-/m1/s1. The molecule has 0 aromatic carbocycles. The maximum Gasteiger partial charge on any atom is 0.239 e. The lowest BCUT2D eigenvalue weighted by Crippen LogP contribution is -2.38. The second-order valence-electron chi connectivity index (χ2n) is 5.23. The van der Waals surface area contributed by atoms with Crippen LogP contribution in [0.3, 0.4) is 0 Å². The fourth-order valence-electron chi connectivity index (χ4n) is 2.52. The van der Waals surface area contributed by atoms with Gasteiger partial charge in [-0.05, 0) is 51.3 Å². The molecule has 1 aliphatic rings. The molecule has 1 aromatic rings. The van der Waals surface area contributed by atoms with Crippen molar-refractivity contribution < 1.29 is 9.90 Å². The zero-order chi connectivity index (χ0) is 14.0. The van der Waals surface area contributed by atoms with Gasteiger partial charge in [-0.1, -0.05) is 0 Å². The molecule has 0 saturated carbocycles. The number of aryl methyl sites for hydroxylation is 1. The van der Waals surface area contributed by atoms with Gasteiger partial charge in [0.1, 0.15) is 0 Å². The summed E-state index contributed by atoms with van der Waals surface area (Å²) in [6.07, 6.45) is 2.05. The van der Waals surface area contributed by atoms with Gasteiger partial charge >= 0.3 is 0 Å². The highest BCUT2D eigenvalue weighted by Gasteiger charge is 2.25. The van der Waals surface area contributed by atoms with Gasteiger partial charge in [-0.15, -0.1) is 11.3 Å². The van der Waals surface area contributed by atoms with Crippen LogP contribution in [-0.2, 0) is 4.79 Å². The van der Waals surface area contributed by atoms with E-state index in [-0.39, 0.29) is 18.6 Å². The predicted octanol–water partition coefficient (Wildman–Crippen LogP) is 2.07. The smallest absolute Gasteiger partial charge is 0.239 e. The fraction of sp³-hybridized carbons (Fsp3) is 0.643. The second kappa shape index (κ2) is 6.03. The van der Waals surface area contributed by atoms with Gasteiger partial charge in [0.05, 0.1) is 18.2 Å². The molecule has 0 bridgehead atoms. The first-order chi connectivity index (χ1) is 9.02. The van der Waals surface area contributed by atoms with E-state index in [1.165, 1.54) is 10.4 Å². The normalized spacial score (nSPS) is 19.9. The quantitative estimate of drug-likeness (QED) is 0.889. The lowest BCUT2D eigenvalue weighted by Gasteiger charge is -2.21. The Kier molecular flexibility index (Phi) is 4.60. The predicted molar refractivity (Wildman–Crippen MR) is 78.8 cm³/mol. The third-order valence-corrected chi connectivity index (χ3v) is 5.22. The van der Waals surface area contributed by atoms with Crippen molar-refractivity contribution in [3.8, 4) is 0 Å². The van der Waals surface area contributed by atoms with Gasteiger partial charge in [-0.25, -0.2) is 0 Å². The molecule has 0 aliphatic carbocycles.